The summed E-state index contributed by atoms with van der Waals surface area (Å²) in [5.41, 5.74) is 7.31. The predicted molar refractivity (Wildman–Crippen MR) is 112 cm³/mol. The molecule has 0 bridgehead atoms. The van der Waals surface area contributed by atoms with Gasteiger partial charge in [-0.2, -0.15) is 0 Å². The molecule has 4 heteroatoms. The average Bonchev–Trinajstić information content (AvgIpc) is 2.55. The van der Waals surface area contributed by atoms with Crippen LogP contribution in [-0.2, 0) is 6.42 Å². The Morgan fingerprint density at radius 3 is 1.00 bits per heavy atom. The summed E-state index contributed by atoms with van der Waals surface area (Å²) in [5, 5.41) is 13.7. The highest BCUT2D eigenvalue weighted by atomic mass is 14.9. The van der Waals surface area contributed by atoms with Crippen LogP contribution in [0.1, 0.15) is 38.8 Å². The Bertz CT molecular complexity index is 561. The maximum absolute atomic E-state index is 3.43. The van der Waals surface area contributed by atoms with E-state index >= 15 is 0 Å². The van der Waals surface area contributed by atoms with Gasteiger partial charge in [-0.05, 0) is 81.6 Å². The van der Waals surface area contributed by atoms with Crippen LogP contribution in [0.3, 0.4) is 0 Å². The molecule has 0 aliphatic carbocycles. The van der Waals surface area contributed by atoms with Crippen molar-refractivity contribution in [3.8, 4) is 0 Å². The molecule has 2 rings (SSSR count). The molecule has 136 valence electrons. The monoisotopic (exact) mass is 340 g/mol. The van der Waals surface area contributed by atoms with Gasteiger partial charge in [-0.3, -0.25) is 0 Å². The van der Waals surface area contributed by atoms with E-state index < -0.39 is 0 Å². The van der Waals surface area contributed by atoms with Gasteiger partial charge in [-0.15, -0.1) is 0 Å². The van der Waals surface area contributed by atoms with Gasteiger partial charge in [0.15, 0.2) is 0 Å². The normalized spacial score (nSPS) is 10.4. The first-order chi connectivity index (χ1) is 12.2. The standard InChI is InChI=1S/C21H32N4/c1-5-22-18-10-16(11-19(14-18)23-6-2)9-17-12-20(24-7-3)15-21(13-17)25-8-4/h10-15,22-25H,5-9H2,1-4H3. The fraction of sp³-hybridized carbons (Fsp3) is 0.429. The quantitative estimate of drug-likeness (QED) is 0.491. The van der Waals surface area contributed by atoms with Crippen molar-refractivity contribution in [3.63, 3.8) is 0 Å². The summed E-state index contributed by atoms with van der Waals surface area (Å²) in [5.74, 6) is 0. The van der Waals surface area contributed by atoms with Crippen LogP contribution < -0.4 is 21.3 Å². The van der Waals surface area contributed by atoms with Crippen molar-refractivity contribution < 1.29 is 0 Å². The second-order valence-corrected chi connectivity index (χ2v) is 6.14. The average molecular weight is 341 g/mol. The Kier molecular flexibility index (Phi) is 7.45. The van der Waals surface area contributed by atoms with Crippen molar-refractivity contribution in [1.29, 1.82) is 0 Å². The molecule has 0 radical (unpaired) electrons. The Morgan fingerprint density at radius 2 is 0.760 bits per heavy atom. The third kappa shape index (κ3) is 5.89. The van der Waals surface area contributed by atoms with E-state index in [4.69, 9.17) is 0 Å². The molecule has 4 nitrogen and oxygen atoms in total. The van der Waals surface area contributed by atoms with E-state index in [1.807, 2.05) is 0 Å². The zero-order chi connectivity index (χ0) is 18.1. The van der Waals surface area contributed by atoms with Crippen molar-refractivity contribution in [2.75, 3.05) is 47.4 Å². The number of hydrogen-bond acceptors (Lipinski definition) is 4. The number of hydrogen-bond donors (Lipinski definition) is 4. The minimum absolute atomic E-state index is 0.912. The maximum atomic E-state index is 3.43. The maximum Gasteiger partial charge on any atom is 0.0363 e. The van der Waals surface area contributed by atoms with E-state index in [-0.39, 0.29) is 0 Å². The molecular formula is C21H32N4. The van der Waals surface area contributed by atoms with E-state index in [0.29, 0.717) is 0 Å². The van der Waals surface area contributed by atoms with Gasteiger partial charge in [0.25, 0.3) is 0 Å². The molecule has 0 saturated heterocycles. The highest BCUT2D eigenvalue weighted by molar-refractivity contribution is 5.62. The lowest BCUT2D eigenvalue weighted by Crippen LogP contribution is -2.04. The third-order valence-corrected chi connectivity index (χ3v) is 3.92. The van der Waals surface area contributed by atoms with E-state index in [2.05, 4.69) is 85.4 Å². The molecule has 0 heterocycles. The summed E-state index contributed by atoms with van der Waals surface area (Å²) in [6.07, 6.45) is 0.912. The molecule has 25 heavy (non-hydrogen) atoms. The van der Waals surface area contributed by atoms with Crippen LogP contribution in [-0.4, -0.2) is 26.2 Å². The molecular weight excluding hydrogens is 308 g/mol. The van der Waals surface area contributed by atoms with Crippen LogP contribution in [0.5, 0.6) is 0 Å². The first kappa shape index (κ1) is 19.0. The lowest BCUT2D eigenvalue weighted by atomic mass is 10.0. The third-order valence-electron chi connectivity index (χ3n) is 3.92. The van der Waals surface area contributed by atoms with Gasteiger partial charge >= 0.3 is 0 Å². The van der Waals surface area contributed by atoms with Crippen molar-refractivity contribution in [2.24, 2.45) is 0 Å². The van der Waals surface area contributed by atoms with Gasteiger partial charge in [0.2, 0.25) is 0 Å². The summed E-state index contributed by atoms with van der Waals surface area (Å²) < 4.78 is 0. The van der Waals surface area contributed by atoms with Gasteiger partial charge in [0.1, 0.15) is 0 Å². The molecule has 0 fully saturated rings. The Morgan fingerprint density at radius 1 is 0.480 bits per heavy atom. The molecule has 2 aromatic rings. The van der Waals surface area contributed by atoms with E-state index in [1.54, 1.807) is 0 Å². The molecule has 0 spiro atoms. The van der Waals surface area contributed by atoms with Gasteiger partial charge < -0.3 is 21.3 Å². The minimum atomic E-state index is 0.912. The SMILES string of the molecule is CCNc1cc(Cc2cc(NCC)cc(NCC)c2)cc(NCC)c1. The molecule has 0 atom stereocenters. The first-order valence-electron chi connectivity index (χ1n) is 9.41. The smallest absolute Gasteiger partial charge is 0.0363 e. The Labute approximate surface area is 152 Å². The lowest BCUT2D eigenvalue weighted by Gasteiger charge is -2.14. The largest absolute Gasteiger partial charge is 0.385 e. The van der Waals surface area contributed by atoms with Crippen LogP contribution in [0.25, 0.3) is 0 Å². The first-order valence-corrected chi connectivity index (χ1v) is 9.41. The van der Waals surface area contributed by atoms with Crippen LogP contribution in [0, 0.1) is 0 Å². The second-order valence-electron chi connectivity index (χ2n) is 6.14. The summed E-state index contributed by atoms with van der Waals surface area (Å²) in [4.78, 5) is 0. The van der Waals surface area contributed by atoms with Crippen molar-refractivity contribution in [1.82, 2.24) is 0 Å². The van der Waals surface area contributed by atoms with Crippen molar-refractivity contribution in [3.05, 3.63) is 47.5 Å². The van der Waals surface area contributed by atoms with E-state index in [9.17, 15) is 0 Å². The summed E-state index contributed by atoms with van der Waals surface area (Å²) >= 11 is 0. The number of anilines is 4. The Hall–Kier alpha value is -2.36. The highest BCUT2D eigenvalue weighted by Gasteiger charge is 2.05. The van der Waals surface area contributed by atoms with Crippen LogP contribution in [0.2, 0.25) is 0 Å². The predicted octanol–water partition coefficient (Wildman–Crippen LogP) is 5.00. The van der Waals surface area contributed by atoms with Gasteiger partial charge in [-0.1, -0.05) is 0 Å². The fourth-order valence-electron chi connectivity index (χ4n) is 3.05. The molecule has 2 aromatic carbocycles. The zero-order valence-corrected chi connectivity index (χ0v) is 16.0. The molecule has 0 aliphatic rings. The van der Waals surface area contributed by atoms with Crippen LogP contribution in [0.4, 0.5) is 22.7 Å². The molecule has 4 N–H and O–H groups in total. The van der Waals surface area contributed by atoms with Crippen molar-refractivity contribution in [2.45, 2.75) is 34.1 Å². The van der Waals surface area contributed by atoms with E-state index in [1.165, 1.54) is 33.9 Å². The molecule has 0 amide bonds. The summed E-state index contributed by atoms with van der Waals surface area (Å²) in [6, 6.07) is 13.3. The van der Waals surface area contributed by atoms with Gasteiger partial charge in [0, 0.05) is 48.9 Å². The minimum Gasteiger partial charge on any atom is -0.385 e. The molecule has 0 saturated carbocycles. The van der Waals surface area contributed by atoms with Crippen molar-refractivity contribution >= 4 is 22.7 Å². The molecule has 0 unspecified atom stereocenters. The zero-order valence-electron chi connectivity index (χ0n) is 16.0. The summed E-state index contributed by atoms with van der Waals surface area (Å²) in [7, 11) is 0. The fourth-order valence-corrected chi connectivity index (χ4v) is 3.05. The highest BCUT2D eigenvalue weighted by Crippen LogP contribution is 2.25. The lowest BCUT2D eigenvalue weighted by molar-refractivity contribution is 1.14. The van der Waals surface area contributed by atoms with Gasteiger partial charge in [0.05, 0.1) is 0 Å². The molecule has 0 aromatic heterocycles. The summed E-state index contributed by atoms with van der Waals surface area (Å²) in [6.45, 7) is 12.2. The molecule has 0 aliphatic heterocycles. The van der Waals surface area contributed by atoms with E-state index in [0.717, 1.165) is 32.6 Å². The Balaban J connectivity index is 2.30. The second kappa shape index (κ2) is 9.82. The number of nitrogens with one attached hydrogen (secondary N) is 4. The number of rotatable bonds is 10. The van der Waals surface area contributed by atoms with Crippen LogP contribution >= 0.6 is 0 Å². The topological polar surface area (TPSA) is 48.1 Å². The van der Waals surface area contributed by atoms with Crippen LogP contribution in [0.15, 0.2) is 36.4 Å². The van der Waals surface area contributed by atoms with Gasteiger partial charge in [-0.25, -0.2) is 0 Å². The number of benzene rings is 2.